The predicted octanol–water partition coefficient (Wildman–Crippen LogP) is 3.41. The zero-order chi connectivity index (χ0) is 13.7. The maximum absolute atomic E-state index is 12.2. The van der Waals surface area contributed by atoms with Crippen LogP contribution in [0, 0.1) is 0 Å². The molecule has 0 aliphatic rings. The fourth-order valence-corrected chi connectivity index (χ4v) is 1.15. The maximum Gasteiger partial charge on any atom is 0.407 e. The second kappa shape index (κ2) is 5.93. The van der Waals surface area contributed by atoms with Crippen LogP contribution >= 0.6 is 0 Å². The number of alkyl halides is 3. The minimum absolute atomic E-state index is 0.0404. The molecule has 0 aliphatic heterocycles. The van der Waals surface area contributed by atoms with Crippen molar-refractivity contribution < 1.29 is 22.7 Å². The van der Waals surface area contributed by atoms with Crippen molar-refractivity contribution in [2.24, 2.45) is 0 Å². The fourth-order valence-electron chi connectivity index (χ4n) is 1.15. The number of carbonyl (C=O) groups excluding carboxylic acids is 1. The summed E-state index contributed by atoms with van der Waals surface area (Å²) >= 11 is 0. The van der Waals surface area contributed by atoms with Crippen molar-refractivity contribution in [2.45, 2.75) is 51.4 Å². The van der Waals surface area contributed by atoms with E-state index in [2.05, 4.69) is 11.9 Å². The zero-order valence-corrected chi connectivity index (χ0v) is 10.2. The first kappa shape index (κ1) is 15.8. The molecule has 0 aliphatic carbocycles. The Bertz CT molecular complexity index is 269. The standard InChI is InChI=1S/C11H18F3NO2/c1-5-6-8(7-11(12,13)14)15-9(16)17-10(2,3)4/h5,8H,1,6-7H2,2-4H3,(H,15,16). The van der Waals surface area contributed by atoms with Gasteiger partial charge in [0.2, 0.25) is 0 Å². The summed E-state index contributed by atoms with van der Waals surface area (Å²) in [4.78, 5) is 11.3. The molecule has 0 aromatic rings. The third-order valence-electron chi connectivity index (χ3n) is 1.65. The van der Waals surface area contributed by atoms with Crippen LogP contribution < -0.4 is 5.32 Å². The van der Waals surface area contributed by atoms with E-state index in [-0.39, 0.29) is 6.42 Å². The molecule has 3 nitrogen and oxygen atoms in total. The molecule has 0 heterocycles. The van der Waals surface area contributed by atoms with Crippen molar-refractivity contribution >= 4 is 6.09 Å². The number of amides is 1. The molecule has 0 bridgehead atoms. The topological polar surface area (TPSA) is 38.3 Å². The molecule has 17 heavy (non-hydrogen) atoms. The van der Waals surface area contributed by atoms with E-state index in [1.807, 2.05) is 0 Å². The summed E-state index contributed by atoms with van der Waals surface area (Å²) in [5.41, 5.74) is -0.735. The van der Waals surface area contributed by atoms with Crippen molar-refractivity contribution in [3.63, 3.8) is 0 Å². The third-order valence-corrected chi connectivity index (χ3v) is 1.65. The number of nitrogens with one attached hydrogen (secondary N) is 1. The molecule has 0 saturated heterocycles. The monoisotopic (exact) mass is 253 g/mol. The van der Waals surface area contributed by atoms with Gasteiger partial charge in [-0.15, -0.1) is 6.58 Å². The van der Waals surface area contributed by atoms with Crippen LogP contribution in [0.4, 0.5) is 18.0 Å². The van der Waals surface area contributed by atoms with E-state index >= 15 is 0 Å². The van der Waals surface area contributed by atoms with Crippen LogP contribution in [0.25, 0.3) is 0 Å². The maximum atomic E-state index is 12.2. The van der Waals surface area contributed by atoms with E-state index in [4.69, 9.17) is 4.74 Å². The summed E-state index contributed by atoms with van der Waals surface area (Å²) in [5.74, 6) is 0. The number of alkyl carbamates (subject to hydrolysis) is 1. The van der Waals surface area contributed by atoms with Crippen LogP contribution in [0.15, 0.2) is 12.7 Å². The van der Waals surface area contributed by atoms with Gasteiger partial charge < -0.3 is 10.1 Å². The number of carbonyl (C=O) groups is 1. The summed E-state index contributed by atoms with van der Waals surface area (Å²) in [7, 11) is 0. The molecule has 1 N–H and O–H groups in total. The average Bonchev–Trinajstić information content (AvgIpc) is 1.95. The molecule has 0 spiro atoms. The second-order valence-corrected chi connectivity index (χ2v) is 4.69. The number of hydrogen-bond donors (Lipinski definition) is 1. The van der Waals surface area contributed by atoms with E-state index in [1.54, 1.807) is 20.8 Å². The smallest absolute Gasteiger partial charge is 0.407 e. The van der Waals surface area contributed by atoms with Crippen molar-refractivity contribution in [3.05, 3.63) is 12.7 Å². The Morgan fingerprint density at radius 2 is 1.94 bits per heavy atom. The Hall–Kier alpha value is -1.20. The van der Waals surface area contributed by atoms with Gasteiger partial charge in [0.1, 0.15) is 5.60 Å². The number of ether oxygens (including phenoxy) is 1. The van der Waals surface area contributed by atoms with Gasteiger partial charge in [0, 0.05) is 6.04 Å². The van der Waals surface area contributed by atoms with Crippen LogP contribution in [0.2, 0.25) is 0 Å². The molecule has 0 aromatic carbocycles. The van der Waals surface area contributed by atoms with Gasteiger partial charge in [-0.3, -0.25) is 0 Å². The molecule has 1 amide bonds. The Kier molecular flexibility index (Phi) is 5.51. The first-order chi connectivity index (χ1) is 7.53. The van der Waals surface area contributed by atoms with Gasteiger partial charge >= 0.3 is 12.3 Å². The van der Waals surface area contributed by atoms with E-state index in [0.717, 1.165) is 0 Å². The van der Waals surface area contributed by atoms with Gasteiger partial charge in [-0.1, -0.05) is 6.08 Å². The van der Waals surface area contributed by atoms with Gasteiger partial charge in [0.15, 0.2) is 0 Å². The molecular formula is C11H18F3NO2. The van der Waals surface area contributed by atoms with Gasteiger partial charge in [-0.25, -0.2) is 4.79 Å². The Balaban J connectivity index is 4.35. The van der Waals surface area contributed by atoms with Crippen molar-refractivity contribution in [2.75, 3.05) is 0 Å². The van der Waals surface area contributed by atoms with Crippen LogP contribution in [0.5, 0.6) is 0 Å². The lowest BCUT2D eigenvalue weighted by Crippen LogP contribution is -2.41. The normalized spacial score (nSPS) is 14.0. The molecule has 0 fully saturated rings. The van der Waals surface area contributed by atoms with E-state index < -0.39 is 30.3 Å². The van der Waals surface area contributed by atoms with Gasteiger partial charge in [0.05, 0.1) is 6.42 Å². The SMILES string of the molecule is C=CCC(CC(F)(F)F)NC(=O)OC(C)(C)C. The lowest BCUT2D eigenvalue weighted by molar-refractivity contribution is -0.139. The molecule has 0 saturated carbocycles. The lowest BCUT2D eigenvalue weighted by Gasteiger charge is -2.23. The van der Waals surface area contributed by atoms with Crippen LogP contribution in [-0.4, -0.2) is 23.9 Å². The molecule has 6 heteroatoms. The Labute approximate surface area is 99.0 Å². The lowest BCUT2D eigenvalue weighted by atomic mass is 10.1. The van der Waals surface area contributed by atoms with Gasteiger partial charge in [-0.05, 0) is 27.2 Å². The van der Waals surface area contributed by atoms with Crippen LogP contribution in [0.1, 0.15) is 33.6 Å². The zero-order valence-electron chi connectivity index (χ0n) is 10.2. The number of hydrogen-bond acceptors (Lipinski definition) is 2. The van der Waals surface area contributed by atoms with Crippen LogP contribution in [-0.2, 0) is 4.74 Å². The average molecular weight is 253 g/mol. The van der Waals surface area contributed by atoms with E-state index in [0.29, 0.717) is 0 Å². The summed E-state index contributed by atoms with van der Waals surface area (Å²) < 4.78 is 41.5. The highest BCUT2D eigenvalue weighted by Crippen LogP contribution is 2.23. The minimum atomic E-state index is -4.33. The highest BCUT2D eigenvalue weighted by molar-refractivity contribution is 5.68. The highest BCUT2D eigenvalue weighted by Gasteiger charge is 2.32. The Morgan fingerprint density at radius 1 is 1.41 bits per heavy atom. The molecule has 1 unspecified atom stereocenters. The molecule has 0 aromatic heterocycles. The molecule has 1 atom stereocenters. The van der Waals surface area contributed by atoms with Crippen molar-refractivity contribution in [1.82, 2.24) is 5.32 Å². The largest absolute Gasteiger partial charge is 0.444 e. The van der Waals surface area contributed by atoms with Crippen molar-refractivity contribution in [3.8, 4) is 0 Å². The highest BCUT2D eigenvalue weighted by atomic mass is 19.4. The number of halogens is 3. The minimum Gasteiger partial charge on any atom is -0.444 e. The molecule has 100 valence electrons. The van der Waals surface area contributed by atoms with Crippen molar-refractivity contribution in [1.29, 1.82) is 0 Å². The van der Waals surface area contributed by atoms with E-state index in [1.165, 1.54) is 6.08 Å². The summed E-state index contributed by atoms with van der Waals surface area (Å²) in [5, 5.41) is 2.18. The van der Waals surface area contributed by atoms with E-state index in [9.17, 15) is 18.0 Å². The van der Waals surface area contributed by atoms with Crippen LogP contribution in [0.3, 0.4) is 0 Å². The quantitative estimate of drug-likeness (QED) is 0.780. The number of rotatable bonds is 4. The summed E-state index contributed by atoms with van der Waals surface area (Å²) in [6.07, 6.45) is -4.92. The molecule has 0 rings (SSSR count). The predicted molar refractivity (Wildman–Crippen MR) is 58.6 cm³/mol. The first-order valence-corrected chi connectivity index (χ1v) is 5.20. The third kappa shape index (κ3) is 9.71. The Morgan fingerprint density at radius 3 is 2.29 bits per heavy atom. The summed E-state index contributed by atoms with van der Waals surface area (Å²) in [6, 6.07) is -1.04. The van der Waals surface area contributed by atoms with Gasteiger partial charge in [0.25, 0.3) is 0 Å². The molecule has 0 radical (unpaired) electrons. The molecular weight excluding hydrogens is 235 g/mol. The first-order valence-electron chi connectivity index (χ1n) is 5.20. The van der Waals surface area contributed by atoms with Gasteiger partial charge in [-0.2, -0.15) is 13.2 Å². The second-order valence-electron chi connectivity index (χ2n) is 4.69. The summed E-state index contributed by atoms with van der Waals surface area (Å²) in [6.45, 7) is 8.27. The fraction of sp³-hybridized carbons (Fsp3) is 0.727.